The fraction of sp³-hybridized carbons (Fsp3) is 0.457. The zero-order valence-electron chi connectivity index (χ0n) is 35.0. The third-order valence-electron chi connectivity index (χ3n) is 10.5. The molecule has 0 bridgehead atoms. The van der Waals surface area contributed by atoms with Crippen LogP contribution < -0.4 is 26.0 Å². The molecule has 4 atom stereocenters. The number of halogens is 1. The summed E-state index contributed by atoms with van der Waals surface area (Å²) in [6.07, 6.45) is 2.46. The molecule has 14 nitrogen and oxygen atoms in total. The van der Waals surface area contributed by atoms with Gasteiger partial charge in [0.15, 0.2) is 25.1 Å². The predicted octanol–water partition coefficient (Wildman–Crippen LogP) is 6.29. The number of aromatic nitrogens is 2. The van der Waals surface area contributed by atoms with Gasteiger partial charge in [-0.25, -0.2) is 9.18 Å². The molecule has 5 rings (SSSR count). The topological polar surface area (TPSA) is 173 Å². The Kier molecular flexibility index (Phi) is 17.6. The van der Waals surface area contributed by atoms with Gasteiger partial charge in [-0.1, -0.05) is 106 Å². The van der Waals surface area contributed by atoms with Gasteiger partial charge in [0, 0.05) is 18.8 Å². The van der Waals surface area contributed by atoms with Crippen molar-refractivity contribution in [2.45, 2.75) is 101 Å². The number of esters is 2. The summed E-state index contributed by atoms with van der Waals surface area (Å²) < 4.78 is 52.0. The summed E-state index contributed by atoms with van der Waals surface area (Å²) >= 11 is 0. The lowest BCUT2D eigenvalue weighted by molar-refractivity contribution is -0.160. The number of nitrogens with zero attached hydrogens (tertiary/aromatic N) is 1. The second-order valence-electron chi connectivity index (χ2n) is 14.8. The van der Waals surface area contributed by atoms with Crippen molar-refractivity contribution in [1.82, 2.24) is 14.9 Å². The van der Waals surface area contributed by atoms with Crippen LogP contribution in [0.5, 0.6) is 11.5 Å². The maximum atomic E-state index is 16.6. The normalized spacial score (nSPS) is 17.4. The van der Waals surface area contributed by atoms with Crippen molar-refractivity contribution in [2.24, 2.45) is 0 Å². The summed E-state index contributed by atoms with van der Waals surface area (Å²) in [6.45, 7) is 1.76. The number of unbranched alkanes of at least 4 members (excludes halogenated alkanes) is 7. The number of benzene rings is 3. The van der Waals surface area contributed by atoms with Crippen LogP contribution >= 0.6 is 0 Å². The molecule has 0 spiro atoms. The molecule has 1 saturated heterocycles. The summed E-state index contributed by atoms with van der Waals surface area (Å²) in [5, 5.41) is 2.73. The number of carbonyl (C=O) groups is 3. The number of rotatable bonds is 24. The lowest BCUT2D eigenvalue weighted by Crippen LogP contribution is -2.41. The van der Waals surface area contributed by atoms with Gasteiger partial charge in [-0.15, -0.1) is 0 Å². The van der Waals surface area contributed by atoms with Gasteiger partial charge < -0.3 is 33.7 Å². The average Bonchev–Trinajstić information content (AvgIpc) is 3.58. The molecule has 2 N–H and O–H groups in total. The van der Waals surface area contributed by atoms with Gasteiger partial charge in [-0.05, 0) is 47.4 Å². The maximum Gasteiger partial charge on any atom is 0.330 e. The second-order valence-corrected chi connectivity index (χ2v) is 14.8. The van der Waals surface area contributed by atoms with Gasteiger partial charge >= 0.3 is 17.6 Å². The highest BCUT2D eigenvalue weighted by Crippen LogP contribution is 2.43. The van der Waals surface area contributed by atoms with Crippen LogP contribution in [0.4, 0.5) is 4.39 Å². The molecule has 1 aliphatic rings. The molecule has 328 valence electrons. The molecule has 1 amide bonds. The zero-order valence-corrected chi connectivity index (χ0v) is 35.0. The van der Waals surface area contributed by atoms with E-state index in [2.05, 4.69) is 17.2 Å². The summed E-state index contributed by atoms with van der Waals surface area (Å²) in [7, 11) is 3.11. The number of methoxy groups -OCH3 is 2. The number of nitrogens with one attached hydrogen (secondary N) is 2. The van der Waals surface area contributed by atoms with Gasteiger partial charge in [0.2, 0.25) is 0 Å². The third kappa shape index (κ3) is 12.6. The van der Waals surface area contributed by atoms with Crippen molar-refractivity contribution in [3.05, 3.63) is 129 Å². The monoisotopic (exact) mass is 845 g/mol. The first-order chi connectivity index (χ1) is 29.6. The molecule has 1 aliphatic heterocycles. The molecular formula is C46H56FN3O11. The fourth-order valence-electron chi connectivity index (χ4n) is 7.27. The molecule has 2 heterocycles. The van der Waals surface area contributed by atoms with Crippen LogP contribution in [0.2, 0.25) is 0 Å². The van der Waals surface area contributed by atoms with E-state index in [0.29, 0.717) is 34.7 Å². The smallest absolute Gasteiger partial charge is 0.330 e. The fourth-order valence-corrected chi connectivity index (χ4v) is 7.27. The Labute approximate surface area is 354 Å². The molecular weight excluding hydrogens is 790 g/mol. The molecule has 61 heavy (non-hydrogen) atoms. The number of carbonyl (C=O) groups excluding carboxylic acids is 3. The van der Waals surface area contributed by atoms with Gasteiger partial charge in [-0.3, -0.25) is 28.7 Å². The van der Waals surface area contributed by atoms with Gasteiger partial charge in [0.05, 0.1) is 33.7 Å². The molecule has 3 aromatic carbocycles. The Morgan fingerprint density at radius 1 is 0.770 bits per heavy atom. The molecule has 4 aromatic rings. The Morgan fingerprint density at radius 3 is 1.93 bits per heavy atom. The molecule has 1 unspecified atom stereocenters. The SMILES string of the molecule is CCCCCCCCCCNC(=O)COC(=O)CCC(=O)O[C@@H]1C(F)[C@H](n2ccc(=O)[nH]c2=O)O[C@@H]1COC(c1ccccc1)(c1ccc(OC)cc1)c1ccc(OC)cc1. The minimum Gasteiger partial charge on any atom is -0.497 e. The third-order valence-corrected chi connectivity index (χ3v) is 10.5. The molecule has 0 saturated carbocycles. The second kappa shape index (κ2) is 23.3. The van der Waals surface area contributed by atoms with Crippen LogP contribution in [0.25, 0.3) is 0 Å². The first-order valence-corrected chi connectivity index (χ1v) is 20.8. The Bertz CT molecular complexity index is 2060. The van der Waals surface area contributed by atoms with E-state index in [1.807, 2.05) is 54.6 Å². The van der Waals surface area contributed by atoms with E-state index in [9.17, 15) is 24.0 Å². The van der Waals surface area contributed by atoms with Gasteiger partial charge in [0.1, 0.15) is 23.2 Å². The van der Waals surface area contributed by atoms with E-state index in [4.69, 9.17) is 28.4 Å². The number of hydrogen-bond acceptors (Lipinski definition) is 11. The van der Waals surface area contributed by atoms with Crippen LogP contribution in [-0.4, -0.2) is 79.8 Å². The van der Waals surface area contributed by atoms with Crippen molar-refractivity contribution in [3.8, 4) is 11.5 Å². The number of hydrogen-bond donors (Lipinski definition) is 2. The summed E-state index contributed by atoms with van der Waals surface area (Å²) in [6, 6.07) is 24.8. The predicted molar refractivity (Wildman–Crippen MR) is 224 cm³/mol. The standard InChI is InChI=1S/C46H56FN3O11/c1-4-5-6-7-8-9-10-14-28-48-39(52)31-58-40(53)25-26-41(54)61-43-37(60-44(42(43)47)50-29-27-38(51)49-45(50)55)30-59-46(32-15-12-11-13-16-32,33-17-21-35(56-2)22-18-33)34-19-23-36(57-3)24-20-34/h11-13,15-24,27,29,37,42-44H,4-10,14,25-26,28,30-31H2,1-3H3,(H,48,52)(H,49,51,55)/t37-,42?,43+,44-/m1/s1. The Hall–Kier alpha value is -5.80. The lowest BCUT2D eigenvalue weighted by atomic mass is 9.80. The van der Waals surface area contributed by atoms with E-state index in [-0.39, 0.29) is 6.61 Å². The Morgan fingerprint density at radius 2 is 1.34 bits per heavy atom. The first-order valence-electron chi connectivity index (χ1n) is 20.8. The average molecular weight is 846 g/mol. The van der Waals surface area contributed by atoms with E-state index in [1.54, 1.807) is 38.5 Å². The van der Waals surface area contributed by atoms with Crippen LogP contribution in [0, 0.1) is 0 Å². The molecule has 1 fully saturated rings. The van der Waals surface area contributed by atoms with Crippen molar-refractivity contribution in [1.29, 1.82) is 0 Å². The van der Waals surface area contributed by atoms with Gasteiger partial charge in [0.25, 0.3) is 11.5 Å². The zero-order chi connectivity index (χ0) is 43.6. The van der Waals surface area contributed by atoms with E-state index < -0.39 is 78.8 Å². The summed E-state index contributed by atoms with van der Waals surface area (Å²) in [5.41, 5.74) is -0.963. The van der Waals surface area contributed by atoms with Crippen LogP contribution in [0.3, 0.4) is 0 Å². The van der Waals surface area contributed by atoms with Crippen molar-refractivity contribution < 1.29 is 47.2 Å². The van der Waals surface area contributed by atoms with E-state index in [0.717, 1.165) is 36.1 Å². The summed E-state index contributed by atoms with van der Waals surface area (Å²) in [5.74, 6) is -1.02. The molecule has 1 aromatic heterocycles. The van der Waals surface area contributed by atoms with Crippen LogP contribution in [0.15, 0.2) is 101 Å². The van der Waals surface area contributed by atoms with E-state index in [1.165, 1.54) is 32.1 Å². The lowest BCUT2D eigenvalue weighted by Gasteiger charge is -2.37. The number of alkyl halides is 1. The van der Waals surface area contributed by atoms with Crippen molar-refractivity contribution in [2.75, 3.05) is 34.0 Å². The highest BCUT2D eigenvalue weighted by atomic mass is 19.1. The van der Waals surface area contributed by atoms with Crippen molar-refractivity contribution in [3.63, 3.8) is 0 Å². The highest BCUT2D eigenvalue weighted by Gasteiger charge is 2.50. The molecule has 0 radical (unpaired) electrons. The summed E-state index contributed by atoms with van der Waals surface area (Å²) in [4.78, 5) is 64.8. The largest absolute Gasteiger partial charge is 0.497 e. The number of aromatic amines is 1. The number of H-pyrrole nitrogens is 1. The van der Waals surface area contributed by atoms with Gasteiger partial charge in [-0.2, -0.15) is 0 Å². The maximum absolute atomic E-state index is 16.6. The minimum atomic E-state index is -2.12. The Balaban J connectivity index is 1.30. The van der Waals surface area contributed by atoms with Crippen LogP contribution in [-0.2, 0) is 38.9 Å². The minimum absolute atomic E-state index is 0.379. The molecule has 15 heteroatoms. The number of amides is 1. The number of ether oxygens (including phenoxy) is 6. The van der Waals surface area contributed by atoms with Crippen LogP contribution in [0.1, 0.15) is 94.1 Å². The van der Waals surface area contributed by atoms with Crippen molar-refractivity contribution >= 4 is 17.8 Å². The molecule has 0 aliphatic carbocycles. The first kappa shape index (κ1) is 46.3. The quantitative estimate of drug-likeness (QED) is 0.0461. The highest BCUT2D eigenvalue weighted by molar-refractivity contribution is 5.82. The van der Waals surface area contributed by atoms with E-state index >= 15 is 4.39 Å².